The van der Waals surface area contributed by atoms with Gasteiger partial charge in [0.25, 0.3) is 0 Å². The maximum atomic E-state index is 12.6. The number of nitrogens with zero attached hydrogens (tertiary/aromatic N) is 3. The van der Waals surface area contributed by atoms with Crippen LogP contribution in [-0.2, 0) is 14.3 Å². The summed E-state index contributed by atoms with van der Waals surface area (Å²) in [6.45, 7) is 3.61. The second-order valence-electron chi connectivity index (χ2n) is 5.83. The molecule has 2 fully saturated rings. The van der Waals surface area contributed by atoms with Gasteiger partial charge in [-0.3, -0.25) is 9.59 Å². The lowest BCUT2D eigenvalue weighted by Gasteiger charge is -2.40. The first-order valence-electron chi connectivity index (χ1n) is 7.31. The number of carbonyl (C=O) groups excluding carboxylic acids is 3. The minimum Gasteiger partial charge on any atom is -0.453 e. The number of hydrogen-bond acceptors (Lipinski definition) is 4. The normalized spacial score (nSPS) is 26.8. The second-order valence-corrected chi connectivity index (χ2v) is 5.83. The maximum Gasteiger partial charge on any atom is 0.409 e. The van der Waals surface area contributed by atoms with Crippen LogP contribution in [0.3, 0.4) is 0 Å². The van der Waals surface area contributed by atoms with Gasteiger partial charge in [-0.15, -0.1) is 0 Å². The van der Waals surface area contributed by atoms with Crippen LogP contribution in [0.1, 0.15) is 19.8 Å². The zero-order chi connectivity index (χ0) is 15.6. The number of rotatable bonds is 1. The van der Waals surface area contributed by atoms with E-state index in [1.807, 2.05) is 6.92 Å². The number of amides is 3. The molecule has 0 aromatic carbocycles. The van der Waals surface area contributed by atoms with Crippen molar-refractivity contribution in [1.29, 1.82) is 0 Å². The van der Waals surface area contributed by atoms with E-state index in [-0.39, 0.29) is 30.3 Å². The van der Waals surface area contributed by atoms with Crippen molar-refractivity contribution in [2.75, 3.05) is 40.3 Å². The molecule has 7 nitrogen and oxygen atoms in total. The van der Waals surface area contributed by atoms with E-state index in [0.29, 0.717) is 19.6 Å². The molecule has 0 N–H and O–H groups in total. The minimum atomic E-state index is -0.393. The molecule has 0 saturated carbocycles. The zero-order valence-electron chi connectivity index (χ0n) is 12.9. The fourth-order valence-corrected chi connectivity index (χ4v) is 2.93. The molecule has 0 aromatic heterocycles. The molecular weight excluding hydrogens is 274 g/mol. The van der Waals surface area contributed by atoms with Gasteiger partial charge in [0.2, 0.25) is 11.8 Å². The lowest BCUT2D eigenvalue weighted by atomic mass is 9.96. The lowest BCUT2D eigenvalue weighted by Crippen LogP contribution is -2.57. The standard InChI is InChI=1S/C14H23N3O4/c1-10-7-17(9-12(18)15(10)2)13(19)11-5-4-6-16(8-11)14(20)21-3/h10-11H,4-9H2,1-3H3. The Hall–Kier alpha value is -1.79. The van der Waals surface area contributed by atoms with Crippen LogP contribution in [0.2, 0.25) is 0 Å². The number of piperidine rings is 1. The van der Waals surface area contributed by atoms with Crippen molar-refractivity contribution in [3.8, 4) is 0 Å². The molecule has 21 heavy (non-hydrogen) atoms. The van der Waals surface area contributed by atoms with Gasteiger partial charge in [0.15, 0.2) is 0 Å². The predicted octanol–water partition coefficient (Wildman–Crippen LogP) is 0.154. The van der Waals surface area contributed by atoms with Crippen LogP contribution in [0.15, 0.2) is 0 Å². The van der Waals surface area contributed by atoms with Crippen LogP contribution < -0.4 is 0 Å². The summed E-state index contributed by atoms with van der Waals surface area (Å²) in [7, 11) is 3.10. The average Bonchev–Trinajstić information content (AvgIpc) is 2.50. The van der Waals surface area contributed by atoms with Gasteiger partial charge >= 0.3 is 6.09 Å². The van der Waals surface area contributed by atoms with Crippen molar-refractivity contribution < 1.29 is 19.1 Å². The summed E-state index contributed by atoms with van der Waals surface area (Å²) in [5.41, 5.74) is 0. The first-order valence-corrected chi connectivity index (χ1v) is 7.31. The largest absolute Gasteiger partial charge is 0.453 e. The second kappa shape index (κ2) is 6.32. The number of likely N-dealkylation sites (tertiary alicyclic amines) is 1. The molecule has 7 heteroatoms. The van der Waals surface area contributed by atoms with Gasteiger partial charge in [-0.05, 0) is 19.8 Å². The van der Waals surface area contributed by atoms with Crippen molar-refractivity contribution in [3.05, 3.63) is 0 Å². The van der Waals surface area contributed by atoms with Crippen molar-refractivity contribution >= 4 is 17.9 Å². The Bertz CT molecular complexity index is 440. The van der Waals surface area contributed by atoms with Gasteiger partial charge < -0.3 is 19.4 Å². The molecule has 2 saturated heterocycles. The maximum absolute atomic E-state index is 12.6. The Labute approximate surface area is 124 Å². The summed E-state index contributed by atoms with van der Waals surface area (Å²) in [5.74, 6) is -0.305. The monoisotopic (exact) mass is 297 g/mol. The first-order chi connectivity index (χ1) is 9.93. The highest BCUT2D eigenvalue weighted by molar-refractivity contribution is 5.87. The van der Waals surface area contributed by atoms with Crippen molar-refractivity contribution in [3.63, 3.8) is 0 Å². The van der Waals surface area contributed by atoms with E-state index < -0.39 is 6.09 Å². The molecule has 2 rings (SSSR count). The minimum absolute atomic E-state index is 0.0236. The summed E-state index contributed by atoms with van der Waals surface area (Å²) in [6.07, 6.45) is 1.14. The highest BCUT2D eigenvalue weighted by Crippen LogP contribution is 2.21. The fourth-order valence-electron chi connectivity index (χ4n) is 2.93. The number of likely N-dealkylation sites (N-methyl/N-ethyl adjacent to an activating group) is 1. The van der Waals surface area contributed by atoms with Crippen molar-refractivity contribution in [2.24, 2.45) is 5.92 Å². The number of ether oxygens (including phenoxy) is 1. The van der Waals surface area contributed by atoms with Crippen LogP contribution in [0.25, 0.3) is 0 Å². The summed E-state index contributed by atoms with van der Waals surface area (Å²) < 4.78 is 4.71. The Morgan fingerprint density at radius 2 is 1.95 bits per heavy atom. The average molecular weight is 297 g/mol. The number of hydrogen-bond donors (Lipinski definition) is 0. The Balaban J connectivity index is 1.99. The number of piperazine rings is 1. The third-order valence-electron chi connectivity index (χ3n) is 4.38. The van der Waals surface area contributed by atoms with Gasteiger partial charge in [0.05, 0.1) is 19.6 Å². The van der Waals surface area contributed by atoms with E-state index in [1.54, 1.807) is 21.7 Å². The van der Waals surface area contributed by atoms with Crippen molar-refractivity contribution in [2.45, 2.75) is 25.8 Å². The van der Waals surface area contributed by atoms with Gasteiger partial charge in [-0.2, -0.15) is 0 Å². The van der Waals surface area contributed by atoms with Crippen LogP contribution in [0.5, 0.6) is 0 Å². The Morgan fingerprint density at radius 3 is 2.57 bits per heavy atom. The highest BCUT2D eigenvalue weighted by Gasteiger charge is 2.36. The van der Waals surface area contributed by atoms with E-state index in [0.717, 1.165) is 12.8 Å². The van der Waals surface area contributed by atoms with Crippen LogP contribution in [-0.4, -0.2) is 79.0 Å². The molecule has 0 aromatic rings. The third-order valence-corrected chi connectivity index (χ3v) is 4.38. The van der Waals surface area contributed by atoms with Crippen molar-refractivity contribution in [1.82, 2.24) is 14.7 Å². The molecule has 2 unspecified atom stereocenters. The van der Waals surface area contributed by atoms with Gasteiger partial charge in [0.1, 0.15) is 0 Å². The van der Waals surface area contributed by atoms with Crippen LogP contribution in [0, 0.1) is 5.92 Å². The predicted molar refractivity (Wildman–Crippen MR) is 75.5 cm³/mol. The summed E-state index contributed by atoms with van der Waals surface area (Å²) in [6, 6.07) is 0.0236. The smallest absolute Gasteiger partial charge is 0.409 e. The molecule has 118 valence electrons. The number of methoxy groups -OCH3 is 1. The fraction of sp³-hybridized carbons (Fsp3) is 0.786. The molecule has 2 heterocycles. The zero-order valence-corrected chi connectivity index (χ0v) is 12.9. The van der Waals surface area contributed by atoms with Gasteiger partial charge in [-0.1, -0.05) is 0 Å². The van der Waals surface area contributed by atoms with Gasteiger partial charge in [-0.25, -0.2) is 4.79 Å². The Kier molecular flexibility index (Phi) is 4.69. The summed E-state index contributed by atoms with van der Waals surface area (Å²) in [4.78, 5) is 40.9. The molecule has 0 spiro atoms. The molecule has 0 bridgehead atoms. The summed E-state index contributed by atoms with van der Waals surface area (Å²) in [5, 5.41) is 0. The molecule has 0 aliphatic carbocycles. The lowest BCUT2D eigenvalue weighted by molar-refractivity contribution is -0.150. The van der Waals surface area contributed by atoms with Crippen LogP contribution in [0.4, 0.5) is 4.79 Å². The molecule has 3 amide bonds. The molecule has 2 aliphatic heterocycles. The van der Waals surface area contributed by atoms with E-state index >= 15 is 0 Å². The van der Waals surface area contributed by atoms with E-state index in [1.165, 1.54) is 7.11 Å². The molecule has 0 radical (unpaired) electrons. The third kappa shape index (κ3) is 3.28. The number of carbonyl (C=O) groups is 3. The highest BCUT2D eigenvalue weighted by atomic mass is 16.5. The SMILES string of the molecule is COC(=O)N1CCCC(C(=O)N2CC(=O)N(C)C(C)C2)C1. The van der Waals surface area contributed by atoms with Crippen LogP contribution >= 0.6 is 0 Å². The van der Waals surface area contributed by atoms with E-state index in [9.17, 15) is 14.4 Å². The summed E-state index contributed by atoms with van der Waals surface area (Å²) >= 11 is 0. The van der Waals surface area contributed by atoms with E-state index in [2.05, 4.69) is 0 Å². The van der Waals surface area contributed by atoms with E-state index in [4.69, 9.17) is 4.74 Å². The topological polar surface area (TPSA) is 70.2 Å². The quantitative estimate of drug-likeness (QED) is 0.691. The molecule has 2 atom stereocenters. The van der Waals surface area contributed by atoms with Gasteiger partial charge in [0, 0.05) is 32.7 Å². The molecular formula is C14H23N3O4. The molecule has 2 aliphatic rings. The Morgan fingerprint density at radius 1 is 1.24 bits per heavy atom. The first kappa shape index (κ1) is 15.6.